The van der Waals surface area contributed by atoms with Gasteiger partial charge in [0.2, 0.25) is 5.91 Å². The Morgan fingerprint density at radius 1 is 1.24 bits per heavy atom. The van der Waals surface area contributed by atoms with Crippen molar-refractivity contribution in [2.24, 2.45) is 5.92 Å². The Morgan fingerprint density at radius 2 is 2.08 bits per heavy atom. The van der Waals surface area contributed by atoms with Crippen LogP contribution in [0.25, 0.3) is 0 Å². The van der Waals surface area contributed by atoms with Crippen LogP contribution in [0.5, 0.6) is 0 Å². The van der Waals surface area contributed by atoms with Gasteiger partial charge in [-0.3, -0.25) is 4.79 Å². The second-order valence-corrected chi connectivity index (χ2v) is 8.35. The number of nitriles is 1. The third kappa shape index (κ3) is 5.29. The molecule has 2 unspecified atom stereocenters. The first kappa shape index (κ1) is 18.4. The maximum absolute atomic E-state index is 12.9. The number of rotatable bonds is 6. The normalized spacial score (nSPS) is 24.6. The minimum Gasteiger partial charge on any atom is -0.368 e. The van der Waals surface area contributed by atoms with Crippen LogP contribution in [-0.4, -0.2) is 29.6 Å². The van der Waals surface area contributed by atoms with Crippen molar-refractivity contribution in [3.63, 3.8) is 0 Å². The van der Waals surface area contributed by atoms with E-state index in [1.165, 1.54) is 24.1 Å². The van der Waals surface area contributed by atoms with Crippen LogP contribution in [0.15, 0.2) is 17.5 Å². The van der Waals surface area contributed by atoms with Crippen molar-refractivity contribution in [2.45, 2.75) is 76.5 Å². The van der Waals surface area contributed by atoms with Crippen molar-refractivity contribution < 1.29 is 9.53 Å². The fourth-order valence-electron chi connectivity index (χ4n) is 4.07. The number of amides is 1. The zero-order chi connectivity index (χ0) is 17.5. The van der Waals surface area contributed by atoms with Gasteiger partial charge >= 0.3 is 0 Å². The molecule has 0 aromatic carbocycles. The molecule has 1 aromatic rings. The van der Waals surface area contributed by atoms with Gasteiger partial charge in [0.05, 0.1) is 18.7 Å². The number of hydrogen-bond acceptors (Lipinski definition) is 4. The first-order valence-electron chi connectivity index (χ1n) is 9.59. The first-order valence-corrected chi connectivity index (χ1v) is 10.5. The molecule has 3 rings (SSSR count). The van der Waals surface area contributed by atoms with Crippen LogP contribution in [0.1, 0.15) is 62.7 Å². The Balaban J connectivity index is 1.57. The molecule has 0 aliphatic heterocycles. The van der Waals surface area contributed by atoms with Gasteiger partial charge in [0.25, 0.3) is 0 Å². The van der Waals surface area contributed by atoms with Crippen LogP contribution in [0.3, 0.4) is 0 Å². The SMILES string of the molecule is N#CC1CCCC(OCC(=O)N(Cc2cccs2)C2CCCCC2)C1. The predicted molar refractivity (Wildman–Crippen MR) is 99.1 cm³/mol. The van der Waals surface area contributed by atoms with Crippen molar-refractivity contribution in [2.75, 3.05) is 6.61 Å². The van der Waals surface area contributed by atoms with Crippen molar-refractivity contribution in [3.05, 3.63) is 22.4 Å². The van der Waals surface area contributed by atoms with Gasteiger partial charge in [0, 0.05) is 16.8 Å². The molecule has 5 heteroatoms. The molecule has 0 N–H and O–H groups in total. The van der Waals surface area contributed by atoms with E-state index in [1.807, 2.05) is 6.07 Å². The van der Waals surface area contributed by atoms with Crippen molar-refractivity contribution >= 4 is 17.2 Å². The summed E-state index contributed by atoms with van der Waals surface area (Å²) in [6.07, 6.45) is 9.74. The first-order chi connectivity index (χ1) is 12.3. The monoisotopic (exact) mass is 360 g/mol. The topological polar surface area (TPSA) is 53.3 Å². The van der Waals surface area contributed by atoms with Gasteiger partial charge in [-0.15, -0.1) is 11.3 Å². The van der Waals surface area contributed by atoms with Crippen molar-refractivity contribution in [1.82, 2.24) is 4.90 Å². The Morgan fingerprint density at radius 3 is 2.80 bits per heavy atom. The third-order valence-corrected chi connectivity index (χ3v) is 6.35. The number of ether oxygens (including phenoxy) is 1. The van der Waals surface area contributed by atoms with Crippen LogP contribution >= 0.6 is 11.3 Å². The molecule has 1 aromatic heterocycles. The molecule has 0 spiro atoms. The van der Waals surface area contributed by atoms with E-state index in [0.717, 1.165) is 38.5 Å². The zero-order valence-electron chi connectivity index (χ0n) is 14.9. The minimum atomic E-state index is 0.0669. The highest BCUT2D eigenvalue weighted by Crippen LogP contribution is 2.27. The van der Waals surface area contributed by atoms with Crippen molar-refractivity contribution in [3.8, 4) is 6.07 Å². The molecule has 2 aliphatic carbocycles. The summed E-state index contributed by atoms with van der Waals surface area (Å²) in [5.41, 5.74) is 0. The molecular weight excluding hydrogens is 332 g/mol. The Bertz CT molecular complexity index is 575. The summed E-state index contributed by atoms with van der Waals surface area (Å²) in [4.78, 5) is 16.2. The molecule has 2 fully saturated rings. The van der Waals surface area contributed by atoms with E-state index in [0.29, 0.717) is 12.6 Å². The summed E-state index contributed by atoms with van der Waals surface area (Å²) in [6, 6.07) is 6.85. The lowest BCUT2D eigenvalue weighted by Gasteiger charge is -2.35. The highest BCUT2D eigenvalue weighted by Gasteiger charge is 2.28. The molecule has 0 bridgehead atoms. The highest BCUT2D eigenvalue weighted by atomic mass is 32.1. The van der Waals surface area contributed by atoms with Gasteiger partial charge in [0.15, 0.2) is 0 Å². The van der Waals surface area contributed by atoms with Crippen LogP contribution in [0, 0.1) is 17.2 Å². The third-order valence-electron chi connectivity index (χ3n) is 5.49. The summed E-state index contributed by atoms with van der Waals surface area (Å²) in [5.74, 6) is 0.203. The molecule has 2 atom stereocenters. The average molecular weight is 361 g/mol. The fourth-order valence-corrected chi connectivity index (χ4v) is 4.77. The zero-order valence-corrected chi connectivity index (χ0v) is 15.7. The van der Waals surface area contributed by atoms with E-state index in [2.05, 4.69) is 22.4 Å². The largest absolute Gasteiger partial charge is 0.368 e. The quantitative estimate of drug-likeness (QED) is 0.750. The number of carbonyl (C=O) groups excluding carboxylic acids is 1. The number of hydrogen-bond donors (Lipinski definition) is 0. The molecule has 1 amide bonds. The van der Waals surface area contributed by atoms with Gasteiger partial charge in [-0.05, 0) is 50.0 Å². The van der Waals surface area contributed by atoms with E-state index in [-0.39, 0.29) is 24.5 Å². The molecule has 136 valence electrons. The Labute approximate surface area is 154 Å². The second-order valence-electron chi connectivity index (χ2n) is 7.32. The molecule has 2 saturated carbocycles. The van der Waals surface area contributed by atoms with Gasteiger partial charge in [-0.1, -0.05) is 25.3 Å². The molecule has 0 saturated heterocycles. The molecular formula is C20H28N2O2S. The summed E-state index contributed by atoms with van der Waals surface area (Å²) in [6.45, 7) is 0.862. The number of thiophene rings is 1. The van der Waals surface area contributed by atoms with Crippen LogP contribution in [0.4, 0.5) is 0 Å². The molecule has 2 aliphatic rings. The fraction of sp³-hybridized carbons (Fsp3) is 0.700. The lowest BCUT2D eigenvalue weighted by molar-refractivity contribution is -0.142. The summed E-state index contributed by atoms with van der Waals surface area (Å²) >= 11 is 1.71. The lowest BCUT2D eigenvalue weighted by atomic mass is 9.88. The Kier molecular flexibility index (Phi) is 6.89. The standard InChI is InChI=1S/C20H28N2O2S/c21-13-16-6-4-9-18(12-16)24-15-20(23)22(14-19-10-5-11-25-19)17-7-2-1-3-8-17/h5,10-11,16-18H,1-4,6-9,12,14-15H2. The maximum Gasteiger partial charge on any atom is 0.249 e. The van der Waals surface area contributed by atoms with Crippen LogP contribution in [-0.2, 0) is 16.1 Å². The van der Waals surface area contributed by atoms with E-state index >= 15 is 0 Å². The molecule has 25 heavy (non-hydrogen) atoms. The van der Waals surface area contributed by atoms with Crippen LogP contribution in [0.2, 0.25) is 0 Å². The van der Waals surface area contributed by atoms with E-state index in [9.17, 15) is 4.79 Å². The highest BCUT2D eigenvalue weighted by molar-refractivity contribution is 7.09. The van der Waals surface area contributed by atoms with E-state index < -0.39 is 0 Å². The van der Waals surface area contributed by atoms with E-state index in [4.69, 9.17) is 10.00 Å². The minimum absolute atomic E-state index is 0.0669. The van der Waals surface area contributed by atoms with Gasteiger partial charge < -0.3 is 9.64 Å². The number of nitrogens with zero attached hydrogens (tertiary/aromatic N) is 2. The Hall–Kier alpha value is -1.38. The average Bonchev–Trinajstić information content (AvgIpc) is 3.18. The summed E-state index contributed by atoms with van der Waals surface area (Å²) in [5, 5.41) is 11.2. The summed E-state index contributed by atoms with van der Waals surface area (Å²) in [7, 11) is 0. The van der Waals surface area contributed by atoms with Crippen LogP contribution < -0.4 is 0 Å². The van der Waals surface area contributed by atoms with Gasteiger partial charge in [-0.25, -0.2) is 0 Å². The van der Waals surface area contributed by atoms with Gasteiger partial charge in [0.1, 0.15) is 6.61 Å². The lowest BCUT2D eigenvalue weighted by Crippen LogP contribution is -2.43. The number of carbonyl (C=O) groups is 1. The second kappa shape index (κ2) is 9.35. The molecule has 1 heterocycles. The van der Waals surface area contributed by atoms with Gasteiger partial charge in [-0.2, -0.15) is 5.26 Å². The molecule has 4 nitrogen and oxygen atoms in total. The van der Waals surface area contributed by atoms with E-state index in [1.54, 1.807) is 11.3 Å². The molecule has 0 radical (unpaired) electrons. The summed E-state index contributed by atoms with van der Waals surface area (Å²) < 4.78 is 5.93. The predicted octanol–water partition coefficient (Wildman–Crippen LogP) is 4.51. The van der Waals surface area contributed by atoms with Crippen molar-refractivity contribution in [1.29, 1.82) is 5.26 Å². The maximum atomic E-state index is 12.9. The smallest absolute Gasteiger partial charge is 0.249 e.